The highest BCUT2D eigenvalue weighted by Gasteiger charge is 2.13. The first-order valence-corrected chi connectivity index (χ1v) is 6.46. The van der Waals surface area contributed by atoms with E-state index in [-0.39, 0.29) is 12.6 Å². The summed E-state index contributed by atoms with van der Waals surface area (Å²) in [5.74, 6) is 0. The van der Waals surface area contributed by atoms with Gasteiger partial charge in [0.25, 0.3) is 0 Å². The van der Waals surface area contributed by atoms with Crippen LogP contribution in [0.3, 0.4) is 0 Å². The van der Waals surface area contributed by atoms with E-state index >= 15 is 0 Å². The number of aliphatic hydroxyl groups excluding tert-OH is 1. The average Bonchev–Trinajstić information content (AvgIpc) is 2.97. The van der Waals surface area contributed by atoms with Gasteiger partial charge in [-0.2, -0.15) is 5.10 Å². The van der Waals surface area contributed by atoms with Crippen molar-refractivity contribution in [3.8, 4) is 0 Å². The number of hydrogen-bond acceptors (Lipinski definition) is 3. The number of aromatic amines is 1. The maximum atomic E-state index is 11.8. The monoisotopic (exact) mass is 294 g/mol. The average molecular weight is 295 g/mol. The lowest BCUT2D eigenvalue weighted by molar-refractivity contribution is 0.216. The van der Waals surface area contributed by atoms with Crippen LogP contribution in [0.4, 0.5) is 4.79 Å². The third-order valence-electron chi connectivity index (χ3n) is 2.76. The van der Waals surface area contributed by atoms with Crippen LogP contribution in [0.5, 0.6) is 0 Å². The summed E-state index contributed by atoms with van der Waals surface area (Å²) in [6, 6.07) is 7.87. The molecule has 0 bridgehead atoms. The van der Waals surface area contributed by atoms with Crippen LogP contribution in [0.2, 0.25) is 5.02 Å². The van der Waals surface area contributed by atoms with Crippen LogP contribution in [-0.2, 0) is 6.54 Å². The highest BCUT2D eigenvalue weighted by Crippen LogP contribution is 2.16. The van der Waals surface area contributed by atoms with E-state index in [9.17, 15) is 9.90 Å². The number of nitrogens with one attached hydrogen (secondary N) is 3. The standard InChI is InChI=1S/C13H15ClN4O2/c14-10-3-1-9(2-4-10)12(8-19)17-13(20)15-7-11-5-6-16-18-11/h1-6,12,19H,7-8H2,(H,16,18)(H2,15,17,20). The summed E-state index contributed by atoms with van der Waals surface area (Å²) in [5, 5.41) is 21.8. The number of nitrogens with zero attached hydrogens (tertiary/aromatic N) is 1. The van der Waals surface area contributed by atoms with Crippen molar-refractivity contribution in [1.82, 2.24) is 20.8 Å². The Morgan fingerprint density at radius 1 is 1.35 bits per heavy atom. The molecule has 2 rings (SSSR count). The zero-order valence-corrected chi connectivity index (χ0v) is 11.4. The number of rotatable bonds is 5. The smallest absolute Gasteiger partial charge is 0.315 e. The Bertz CT molecular complexity index is 542. The number of carbonyl (C=O) groups is 1. The Morgan fingerprint density at radius 2 is 2.10 bits per heavy atom. The fourth-order valence-electron chi connectivity index (χ4n) is 1.70. The third-order valence-corrected chi connectivity index (χ3v) is 3.01. The summed E-state index contributed by atoms with van der Waals surface area (Å²) >= 11 is 5.80. The Hall–Kier alpha value is -2.05. The molecule has 0 aliphatic rings. The van der Waals surface area contributed by atoms with Crippen molar-refractivity contribution in [3.63, 3.8) is 0 Å². The SMILES string of the molecule is O=C(NCc1ccn[nH]1)NC(CO)c1ccc(Cl)cc1. The molecule has 1 unspecified atom stereocenters. The number of benzene rings is 1. The first kappa shape index (κ1) is 14.4. The lowest BCUT2D eigenvalue weighted by Gasteiger charge is -2.17. The van der Waals surface area contributed by atoms with E-state index in [2.05, 4.69) is 20.8 Å². The van der Waals surface area contributed by atoms with E-state index in [1.54, 1.807) is 36.5 Å². The van der Waals surface area contributed by atoms with Gasteiger partial charge in [0.2, 0.25) is 0 Å². The second-order valence-corrected chi connectivity index (χ2v) is 4.63. The molecule has 0 aliphatic heterocycles. The molecule has 0 spiro atoms. The van der Waals surface area contributed by atoms with Gasteiger partial charge in [-0.1, -0.05) is 23.7 Å². The van der Waals surface area contributed by atoms with E-state index in [4.69, 9.17) is 11.6 Å². The van der Waals surface area contributed by atoms with Crippen LogP contribution in [0.25, 0.3) is 0 Å². The molecule has 0 fully saturated rings. The van der Waals surface area contributed by atoms with Crippen molar-refractivity contribution in [1.29, 1.82) is 0 Å². The van der Waals surface area contributed by atoms with Crippen molar-refractivity contribution in [2.75, 3.05) is 6.61 Å². The van der Waals surface area contributed by atoms with Gasteiger partial charge in [0.1, 0.15) is 0 Å². The summed E-state index contributed by atoms with van der Waals surface area (Å²) in [5.41, 5.74) is 1.58. The Balaban J connectivity index is 1.89. The molecule has 0 saturated heterocycles. The number of H-pyrrole nitrogens is 1. The number of carbonyl (C=O) groups excluding carboxylic acids is 1. The molecule has 1 heterocycles. The minimum atomic E-state index is -0.478. The molecule has 2 aromatic rings. The largest absolute Gasteiger partial charge is 0.394 e. The van der Waals surface area contributed by atoms with Crippen LogP contribution in [0, 0.1) is 0 Å². The highest BCUT2D eigenvalue weighted by molar-refractivity contribution is 6.30. The summed E-state index contributed by atoms with van der Waals surface area (Å²) in [6.07, 6.45) is 1.61. The molecule has 1 atom stereocenters. The van der Waals surface area contributed by atoms with Crippen molar-refractivity contribution >= 4 is 17.6 Å². The molecular weight excluding hydrogens is 280 g/mol. The summed E-state index contributed by atoms with van der Waals surface area (Å²) < 4.78 is 0. The van der Waals surface area contributed by atoms with E-state index in [1.807, 2.05) is 0 Å². The molecule has 106 valence electrons. The van der Waals surface area contributed by atoms with Gasteiger partial charge in [0.15, 0.2) is 0 Å². The van der Waals surface area contributed by atoms with E-state index in [0.717, 1.165) is 11.3 Å². The van der Waals surface area contributed by atoms with Crippen molar-refractivity contribution in [2.24, 2.45) is 0 Å². The van der Waals surface area contributed by atoms with E-state index < -0.39 is 6.04 Å². The number of hydrogen-bond donors (Lipinski definition) is 4. The summed E-state index contributed by atoms with van der Waals surface area (Å²) in [6.45, 7) is 0.143. The summed E-state index contributed by atoms with van der Waals surface area (Å²) in [4.78, 5) is 11.8. The Labute approximate surface area is 121 Å². The van der Waals surface area contributed by atoms with Crippen LogP contribution < -0.4 is 10.6 Å². The molecule has 20 heavy (non-hydrogen) atoms. The molecule has 0 saturated carbocycles. The van der Waals surface area contributed by atoms with Gasteiger partial charge in [0, 0.05) is 11.2 Å². The van der Waals surface area contributed by atoms with Crippen molar-refractivity contribution < 1.29 is 9.90 Å². The molecule has 1 aromatic carbocycles. The van der Waals surface area contributed by atoms with Gasteiger partial charge in [-0.15, -0.1) is 0 Å². The number of aliphatic hydroxyl groups is 1. The summed E-state index contributed by atoms with van der Waals surface area (Å²) in [7, 11) is 0. The number of urea groups is 1. The number of aromatic nitrogens is 2. The lowest BCUT2D eigenvalue weighted by atomic mass is 10.1. The first-order valence-electron chi connectivity index (χ1n) is 6.08. The fraction of sp³-hybridized carbons (Fsp3) is 0.231. The lowest BCUT2D eigenvalue weighted by Crippen LogP contribution is -2.38. The maximum Gasteiger partial charge on any atom is 0.315 e. The van der Waals surface area contributed by atoms with Gasteiger partial charge < -0.3 is 15.7 Å². The van der Waals surface area contributed by atoms with Gasteiger partial charge in [-0.05, 0) is 23.8 Å². The molecule has 1 aromatic heterocycles. The zero-order chi connectivity index (χ0) is 14.4. The molecular formula is C13H15ClN4O2. The third kappa shape index (κ3) is 3.97. The predicted octanol–water partition coefficient (Wildman–Crippen LogP) is 1.60. The topological polar surface area (TPSA) is 90.0 Å². The van der Waals surface area contributed by atoms with Crippen molar-refractivity contribution in [3.05, 3.63) is 52.8 Å². The minimum Gasteiger partial charge on any atom is -0.394 e. The van der Waals surface area contributed by atoms with Crippen LogP contribution in [0.1, 0.15) is 17.3 Å². The number of halogens is 1. The normalized spacial score (nSPS) is 11.9. The fourth-order valence-corrected chi connectivity index (χ4v) is 1.82. The second kappa shape index (κ2) is 6.93. The van der Waals surface area contributed by atoms with Crippen LogP contribution in [0.15, 0.2) is 36.5 Å². The molecule has 7 heteroatoms. The first-order chi connectivity index (χ1) is 9.69. The molecule has 6 nitrogen and oxygen atoms in total. The van der Waals surface area contributed by atoms with Gasteiger partial charge >= 0.3 is 6.03 Å². The zero-order valence-electron chi connectivity index (χ0n) is 10.6. The van der Waals surface area contributed by atoms with Crippen LogP contribution in [-0.4, -0.2) is 27.9 Å². The molecule has 2 amide bonds. The van der Waals surface area contributed by atoms with Gasteiger partial charge in [-0.25, -0.2) is 4.79 Å². The van der Waals surface area contributed by atoms with Gasteiger partial charge in [-0.3, -0.25) is 5.10 Å². The Morgan fingerprint density at radius 3 is 2.70 bits per heavy atom. The minimum absolute atomic E-state index is 0.195. The Kier molecular flexibility index (Phi) is 4.97. The van der Waals surface area contributed by atoms with E-state index in [1.165, 1.54) is 0 Å². The quantitative estimate of drug-likeness (QED) is 0.675. The maximum absolute atomic E-state index is 11.8. The second-order valence-electron chi connectivity index (χ2n) is 4.20. The van der Waals surface area contributed by atoms with E-state index in [0.29, 0.717) is 11.6 Å². The predicted molar refractivity (Wildman–Crippen MR) is 75.2 cm³/mol. The molecule has 0 aliphatic carbocycles. The molecule has 4 N–H and O–H groups in total. The van der Waals surface area contributed by atoms with Crippen LogP contribution >= 0.6 is 11.6 Å². The highest BCUT2D eigenvalue weighted by atomic mass is 35.5. The number of amides is 2. The molecule has 0 radical (unpaired) electrons. The van der Waals surface area contributed by atoms with Gasteiger partial charge in [0.05, 0.1) is 24.9 Å². The van der Waals surface area contributed by atoms with Crippen molar-refractivity contribution in [2.45, 2.75) is 12.6 Å².